The highest BCUT2D eigenvalue weighted by atomic mass is 32.2. The molecule has 1 heterocycles. The summed E-state index contributed by atoms with van der Waals surface area (Å²) in [6.45, 7) is 0.862. The van der Waals surface area contributed by atoms with Gasteiger partial charge in [0.05, 0.1) is 4.90 Å². The lowest BCUT2D eigenvalue weighted by molar-refractivity contribution is 0.117. The molecule has 0 atom stereocenters. The summed E-state index contributed by atoms with van der Waals surface area (Å²) in [6, 6.07) is 12.9. The van der Waals surface area contributed by atoms with Crippen molar-refractivity contribution in [1.29, 1.82) is 0 Å². The Kier molecular flexibility index (Phi) is 3.05. The zero-order chi connectivity index (χ0) is 13.5. The zero-order valence-electron chi connectivity index (χ0n) is 10.4. The number of rotatable bonds is 3. The van der Waals surface area contributed by atoms with Crippen LogP contribution in [0, 0.1) is 5.92 Å². The molecule has 1 fully saturated rings. The molecule has 0 bridgehead atoms. The van der Waals surface area contributed by atoms with E-state index in [1.807, 2.05) is 30.3 Å². The van der Waals surface area contributed by atoms with E-state index >= 15 is 0 Å². The van der Waals surface area contributed by atoms with E-state index in [-0.39, 0.29) is 12.5 Å². The number of hydrogen-bond acceptors (Lipinski definition) is 3. The van der Waals surface area contributed by atoms with E-state index in [1.165, 1.54) is 4.31 Å². The molecule has 1 N–H and O–H groups in total. The van der Waals surface area contributed by atoms with Crippen LogP contribution in [-0.2, 0) is 10.0 Å². The summed E-state index contributed by atoms with van der Waals surface area (Å²) < 4.78 is 26.1. The van der Waals surface area contributed by atoms with Gasteiger partial charge in [0.2, 0.25) is 10.0 Å². The molecule has 0 aliphatic carbocycles. The molecule has 0 unspecified atom stereocenters. The second kappa shape index (κ2) is 4.59. The van der Waals surface area contributed by atoms with Crippen molar-refractivity contribution in [3.8, 4) is 0 Å². The van der Waals surface area contributed by atoms with Crippen LogP contribution in [0.15, 0.2) is 47.4 Å². The number of benzene rings is 2. The summed E-state index contributed by atoms with van der Waals surface area (Å²) in [5.41, 5.74) is 0. The first-order valence-electron chi connectivity index (χ1n) is 6.21. The molecule has 19 heavy (non-hydrogen) atoms. The Balaban J connectivity index is 1.95. The summed E-state index contributed by atoms with van der Waals surface area (Å²) in [6.07, 6.45) is 0. The third-order valence-corrected chi connectivity index (χ3v) is 5.37. The average Bonchev–Trinajstić information content (AvgIpc) is 2.36. The summed E-state index contributed by atoms with van der Waals surface area (Å²) in [7, 11) is -3.41. The van der Waals surface area contributed by atoms with Gasteiger partial charge in [-0.3, -0.25) is 0 Å². The Morgan fingerprint density at radius 1 is 1.11 bits per heavy atom. The van der Waals surface area contributed by atoms with Crippen LogP contribution in [0.5, 0.6) is 0 Å². The monoisotopic (exact) mass is 277 g/mol. The number of nitrogens with zero attached hydrogens (tertiary/aromatic N) is 1. The molecule has 0 saturated carbocycles. The van der Waals surface area contributed by atoms with E-state index < -0.39 is 10.0 Å². The van der Waals surface area contributed by atoms with Crippen molar-refractivity contribution in [3.05, 3.63) is 42.5 Å². The van der Waals surface area contributed by atoms with Crippen LogP contribution in [0.1, 0.15) is 0 Å². The molecule has 0 radical (unpaired) electrons. The van der Waals surface area contributed by atoms with E-state index in [1.54, 1.807) is 12.1 Å². The Bertz CT molecular complexity index is 705. The molecule has 1 saturated heterocycles. The van der Waals surface area contributed by atoms with Gasteiger partial charge < -0.3 is 5.11 Å². The Hall–Kier alpha value is -1.43. The minimum Gasteiger partial charge on any atom is -0.396 e. The summed E-state index contributed by atoms with van der Waals surface area (Å²) >= 11 is 0. The second-order valence-electron chi connectivity index (χ2n) is 4.88. The van der Waals surface area contributed by atoms with E-state index in [4.69, 9.17) is 5.11 Å². The van der Waals surface area contributed by atoms with Gasteiger partial charge in [0, 0.05) is 25.6 Å². The lowest BCUT2D eigenvalue weighted by Gasteiger charge is -2.36. The molecule has 3 rings (SSSR count). The van der Waals surface area contributed by atoms with Crippen LogP contribution >= 0.6 is 0 Å². The maximum atomic E-state index is 12.4. The van der Waals surface area contributed by atoms with E-state index in [0.29, 0.717) is 18.0 Å². The molecule has 0 amide bonds. The SMILES string of the molecule is O=S(=O)(c1ccc2ccccc2c1)N1CC(CO)C1. The minimum absolute atomic E-state index is 0.0454. The summed E-state index contributed by atoms with van der Waals surface area (Å²) in [5.74, 6) is 0.0789. The second-order valence-corrected chi connectivity index (χ2v) is 6.82. The Morgan fingerprint density at radius 2 is 1.79 bits per heavy atom. The first-order chi connectivity index (χ1) is 9.11. The fraction of sp³-hybridized carbons (Fsp3) is 0.286. The zero-order valence-corrected chi connectivity index (χ0v) is 11.2. The molecule has 0 spiro atoms. The standard InChI is InChI=1S/C14H15NO3S/c16-10-11-8-15(9-11)19(17,18)14-6-5-12-3-1-2-4-13(12)7-14/h1-7,11,16H,8-10H2. The third-order valence-electron chi connectivity index (χ3n) is 3.54. The summed E-state index contributed by atoms with van der Waals surface area (Å²) in [4.78, 5) is 0.322. The van der Waals surface area contributed by atoms with Crippen molar-refractivity contribution < 1.29 is 13.5 Å². The predicted molar refractivity (Wildman–Crippen MR) is 73.3 cm³/mol. The van der Waals surface area contributed by atoms with Gasteiger partial charge >= 0.3 is 0 Å². The van der Waals surface area contributed by atoms with Crippen LogP contribution < -0.4 is 0 Å². The van der Waals surface area contributed by atoms with Crippen molar-refractivity contribution in [2.24, 2.45) is 5.92 Å². The highest BCUT2D eigenvalue weighted by molar-refractivity contribution is 7.89. The molecule has 1 aliphatic rings. The Labute approximate surface area is 112 Å². The van der Waals surface area contributed by atoms with Gasteiger partial charge in [0.25, 0.3) is 0 Å². The van der Waals surface area contributed by atoms with Crippen LogP contribution in [0.2, 0.25) is 0 Å². The smallest absolute Gasteiger partial charge is 0.243 e. The number of hydrogen-bond donors (Lipinski definition) is 1. The van der Waals surface area contributed by atoms with Gasteiger partial charge in [-0.15, -0.1) is 0 Å². The van der Waals surface area contributed by atoms with E-state index in [2.05, 4.69) is 0 Å². The van der Waals surface area contributed by atoms with Gasteiger partial charge in [-0.05, 0) is 22.9 Å². The molecule has 2 aromatic rings. The van der Waals surface area contributed by atoms with Gasteiger partial charge in [-0.1, -0.05) is 30.3 Å². The molecule has 0 aromatic heterocycles. The highest BCUT2D eigenvalue weighted by Crippen LogP contribution is 2.27. The van der Waals surface area contributed by atoms with Crippen LogP contribution in [0.3, 0.4) is 0 Å². The maximum absolute atomic E-state index is 12.4. The van der Waals surface area contributed by atoms with Crippen molar-refractivity contribution in [2.45, 2.75) is 4.90 Å². The number of fused-ring (bicyclic) bond motifs is 1. The molecule has 4 nitrogen and oxygen atoms in total. The fourth-order valence-corrected chi connectivity index (χ4v) is 3.94. The van der Waals surface area contributed by atoms with Gasteiger partial charge in [0.1, 0.15) is 0 Å². The largest absolute Gasteiger partial charge is 0.396 e. The minimum atomic E-state index is -3.41. The fourth-order valence-electron chi connectivity index (χ4n) is 2.31. The Morgan fingerprint density at radius 3 is 2.47 bits per heavy atom. The van der Waals surface area contributed by atoms with Crippen molar-refractivity contribution in [2.75, 3.05) is 19.7 Å². The number of aliphatic hydroxyl groups is 1. The number of sulfonamides is 1. The molecule has 1 aliphatic heterocycles. The van der Waals surface area contributed by atoms with Gasteiger partial charge in [-0.2, -0.15) is 4.31 Å². The third kappa shape index (κ3) is 2.14. The molecule has 5 heteroatoms. The van der Waals surface area contributed by atoms with Gasteiger partial charge in [-0.25, -0.2) is 8.42 Å². The normalized spacial score (nSPS) is 17.5. The lowest BCUT2D eigenvalue weighted by Crippen LogP contribution is -2.51. The highest BCUT2D eigenvalue weighted by Gasteiger charge is 2.36. The van der Waals surface area contributed by atoms with Crippen LogP contribution in [0.25, 0.3) is 10.8 Å². The predicted octanol–water partition coefficient (Wildman–Crippen LogP) is 1.45. The molecular weight excluding hydrogens is 262 g/mol. The first kappa shape index (κ1) is 12.6. The molecule has 100 valence electrons. The van der Waals surface area contributed by atoms with Crippen LogP contribution in [0.4, 0.5) is 0 Å². The van der Waals surface area contributed by atoms with Crippen molar-refractivity contribution in [1.82, 2.24) is 4.31 Å². The first-order valence-corrected chi connectivity index (χ1v) is 7.65. The summed E-state index contributed by atoms with van der Waals surface area (Å²) in [5, 5.41) is 10.9. The van der Waals surface area contributed by atoms with Gasteiger partial charge in [0.15, 0.2) is 0 Å². The van der Waals surface area contributed by atoms with Crippen molar-refractivity contribution >= 4 is 20.8 Å². The van der Waals surface area contributed by atoms with Crippen LogP contribution in [-0.4, -0.2) is 37.5 Å². The maximum Gasteiger partial charge on any atom is 0.243 e. The van der Waals surface area contributed by atoms with E-state index in [0.717, 1.165) is 10.8 Å². The van der Waals surface area contributed by atoms with E-state index in [9.17, 15) is 8.42 Å². The quantitative estimate of drug-likeness (QED) is 0.924. The topological polar surface area (TPSA) is 57.6 Å². The molecule has 2 aromatic carbocycles. The van der Waals surface area contributed by atoms with Crippen molar-refractivity contribution in [3.63, 3.8) is 0 Å². The lowest BCUT2D eigenvalue weighted by atomic mass is 10.1. The molecular formula is C14H15NO3S. The number of aliphatic hydroxyl groups excluding tert-OH is 1. The average molecular weight is 277 g/mol.